The Hall–Kier alpha value is -2.81. The van der Waals surface area contributed by atoms with Crippen molar-refractivity contribution in [3.63, 3.8) is 0 Å². The quantitative estimate of drug-likeness (QED) is 0.588. The molecule has 1 amide bonds. The first-order valence-electron chi connectivity index (χ1n) is 6.94. The van der Waals surface area contributed by atoms with Gasteiger partial charge in [0.25, 0.3) is 5.91 Å². The average molecular weight is 321 g/mol. The zero-order chi connectivity index (χ0) is 16.7. The van der Waals surface area contributed by atoms with Gasteiger partial charge < -0.3 is 25.8 Å². The van der Waals surface area contributed by atoms with Crippen LogP contribution in [0.3, 0.4) is 0 Å². The summed E-state index contributed by atoms with van der Waals surface area (Å²) in [6.45, 7) is 1.53. The van der Waals surface area contributed by atoms with E-state index in [4.69, 9.17) is 15.2 Å². The van der Waals surface area contributed by atoms with Gasteiger partial charge in [-0.3, -0.25) is 4.79 Å². The molecule has 0 radical (unpaired) electrons. The van der Waals surface area contributed by atoms with Crippen molar-refractivity contribution >= 4 is 11.7 Å². The van der Waals surface area contributed by atoms with Gasteiger partial charge in [0, 0.05) is 25.2 Å². The number of nitrogens with zero attached hydrogens (tertiary/aromatic N) is 2. The number of anilines is 1. The van der Waals surface area contributed by atoms with Crippen LogP contribution < -0.4 is 25.8 Å². The van der Waals surface area contributed by atoms with E-state index in [1.54, 1.807) is 14.2 Å². The summed E-state index contributed by atoms with van der Waals surface area (Å²) in [4.78, 5) is 11.7. The van der Waals surface area contributed by atoms with Crippen molar-refractivity contribution in [2.75, 3.05) is 33.0 Å². The van der Waals surface area contributed by atoms with Crippen LogP contribution in [0.5, 0.6) is 11.5 Å². The second-order valence-corrected chi connectivity index (χ2v) is 4.58. The molecule has 1 aromatic heterocycles. The first-order chi connectivity index (χ1) is 11.2. The van der Waals surface area contributed by atoms with E-state index in [0.717, 1.165) is 5.56 Å². The van der Waals surface area contributed by atoms with E-state index in [9.17, 15) is 4.79 Å². The topological polar surface area (TPSA) is 125 Å². The predicted molar refractivity (Wildman–Crippen MR) is 82.3 cm³/mol. The Balaban J connectivity index is 1.78. The molecule has 4 N–H and O–H groups in total. The average Bonchev–Trinajstić information content (AvgIpc) is 3.00. The number of amides is 1. The first kappa shape index (κ1) is 16.6. The van der Waals surface area contributed by atoms with Gasteiger partial charge in [0.05, 0.1) is 14.2 Å². The lowest BCUT2D eigenvalue weighted by atomic mass is 10.2. The molecule has 0 atom stereocenters. The van der Waals surface area contributed by atoms with Crippen LogP contribution in [0.2, 0.25) is 0 Å². The molecule has 9 heteroatoms. The van der Waals surface area contributed by atoms with E-state index in [2.05, 4.69) is 25.6 Å². The van der Waals surface area contributed by atoms with Gasteiger partial charge >= 0.3 is 0 Å². The Morgan fingerprint density at radius 1 is 1.26 bits per heavy atom. The first-order valence-corrected chi connectivity index (χ1v) is 6.94. The van der Waals surface area contributed by atoms with E-state index in [1.807, 2.05) is 18.2 Å². The van der Waals surface area contributed by atoms with Crippen LogP contribution in [0.15, 0.2) is 22.8 Å². The lowest BCUT2D eigenvalue weighted by Gasteiger charge is -2.13. The highest BCUT2D eigenvalue weighted by atomic mass is 16.6. The minimum absolute atomic E-state index is 0.0144. The number of carbonyl (C=O) groups is 1. The molecule has 0 aliphatic carbocycles. The molecule has 9 nitrogen and oxygen atoms in total. The molecule has 0 saturated carbocycles. The van der Waals surface area contributed by atoms with Gasteiger partial charge in [-0.05, 0) is 16.4 Å². The largest absolute Gasteiger partial charge is 0.493 e. The van der Waals surface area contributed by atoms with Gasteiger partial charge in [0.2, 0.25) is 11.5 Å². The lowest BCUT2D eigenvalue weighted by molar-refractivity contribution is 0.0944. The number of ether oxygens (including phenoxy) is 2. The lowest BCUT2D eigenvalue weighted by Crippen LogP contribution is -2.32. The Labute approximate surface area is 133 Å². The number of carbonyl (C=O) groups excluding carboxylic acids is 1. The molecule has 1 heterocycles. The maximum Gasteiger partial charge on any atom is 0.277 e. The van der Waals surface area contributed by atoms with Crippen molar-refractivity contribution in [1.29, 1.82) is 0 Å². The van der Waals surface area contributed by atoms with Crippen LogP contribution in [0.1, 0.15) is 16.1 Å². The van der Waals surface area contributed by atoms with Gasteiger partial charge in [-0.15, -0.1) is 0 Å². The third-order valence-electron chi connectivity index (χ3n) is 3.12. The SMILES string of the molecule is COc1cccc(CNCCNC(=O)c2nonc2N)c1OC. The van der Waals surface area contributed by atoms with E-state index >= 15 is 0 Å². The van der Waals surface area contributed by atoms with Crippen LogP contribution >= 0.6 is 0 Å². The zero-order valence-corrected chi connectivity index (χ0v) is 13.0. The number of nitrogens with one attached hydrogen (secondary N) is 2. The van der Waals surface area contributed by atoms with Crippen molar-refractivity contribution in [3.8, 4) is 11.5 Å². The normalized spacial score (nSPS) is 10.3. The molecule has 0 spiro atoms. The Kier molecular flexibility index (Phi) is 5.75. The fourth-order valence-electron chi connectivity index (χ4n) is 2.02. The molecule has 0 saturated heterocycles. The van der Waals surface area contributed by atoms with Crippen molar-refractivity contribution in [3.05, 3.63) is 29.5 Å². The molecule has 0 aliphatic rings. The van der Waals surface area contributed by atoms with Crippen molar-refractivity contribution in [1.82, 2.24) is 20.9 Å². The standard InChI is InChI=1S/C14H19N5O4/c1-21-10-5-3-4-9(12(10)22-2)8-16-6-7-17-14(20)11-13(15)19-23-18-11/h3-5,16H,6-8H2,1-2H3,(H2,15,19)(H,17,20). The zero-order valence-electron chi connectivity index (χ0n) is 13.0. The number of nitrogens with two attached hydrogens (primary N) is 1. The summed E-state index contributed by atoms with van der Waals surface area (Å²) in [5.41, 5.74) is 6.38. The third-order valence-corrected chi connectivity index (χ3v) is 3.12. The van der Waals surface area contributed by atoms with Gasteiger partial charge in [-0.1, -0.05) is 12.1 Å². The molecular formula is C14H19N5O4. The summed E-state index contributed by atoms with van der Waals surface area (Å²) in [5, 5.41) is 12.6. The van der Waals surface area contributed by atoms with E-state index in [-0.39, 0.29) is 11.5 Å². The minimum atomic E-state index is -0.426. The third kappa shape index (κ3) is 4.10. The number of hydrogen-bond donors (Lipinski definition) is 3. The van der Waals surface area contributed by atoms with Crippen molar-refractivity contribution in [2.24, 2.45) is 0 Å². The second-order valence-electron chi connectivity index (χ2n) is 4.58. The van der Waals surface area contributed by atoms with Gasteiger partial charge in [-0.2, -0.15) is 0 Å². The monoisotopic (exact) mass is 321 g/mol. The summed E-state index contributed by atoms with van der Waals surface area (Å²) in [7, 11) is 3.19. The van der Waals surface area contributed by atoms with Gasteiger partial charge in [-0.25, -0.2) is 4.63 Å². The predicted octanol–water partition coefficient (Wildman–Crippen LogP) is 0.189. The van der Waals surface area contributed by atoms with Crippen LogP contribution in [-0.2, 0) is 6.54 Å². The molecular weight excluding hydrogens is 302 g/mol. The Morgan fingerprint density at radius 3 is 2.74 bits per heavy atom. The van der Waals surface area contributed by atoms with Gasteiger partial charge in [0.1, 0.15) is 0 Å². The molecule has 0 unspecified atom stereocenters. The molecule has 0 bridgehead atoms. The molecule has 1 aromatic carbocycles. The van der Waals surface area contributed by atoms with Crippen molar-refractivity contribution < 1.29 is 18.9 Å². The summed E-state index contributed by atoms with van der Waals surface area (Å²) in [6.07, 6.45) is 0. The van der Waals surface area contributed by atoms with Crippen molar-refractivity contribution in [2.45, 2.75) is 6.54 Å². The van der Waals surface area contributed by atoms with Gasteiger partial charge in [0.15, 0.2) is 11.5 Å². The number of rotatable bonds is 8. The highest BCUT2D eigenvalue weighted by Gasteiger charge is 2.15. The maximum absolute atomic E-state index is 11.7. The molecule has 0 aliphatic heterocycles. The highest BCUT2D eigenvalue weighted by Crippen LogP contribution is 2.30. The fourth-order valence-corrected chi connectivity index (χ4v) is 2.02. The molecule has 2 rings (SSSR count). The smallest absolute Gasteiger partial charge is 0.277 e. The minimum Gasteiger partial charge on any atom is -0.493 e. The Morgan fingerprint density at radius 2 is 2.09 bits per heavy atom. The fraction of sp³-hybridized carbons (Fsp3) is 0.357. The summed E-state index contributed by atoms with van der Waals surface area (Å²) in [6, 6.07) is 5.66. The number of aromatic nitrogens is 2. The van der Waals surface area contributed by atoms with E-state index in [0.29, 0.717) is 31.1 Å². The maximum atomic E-state index is 11.7. The van der Waals surface area contributed by atoms with Crippen LogP contribution in [0.4, 0.5) is 5.82 Å². The molecule has 0 fully saturated rings. The second kappa shape index (κ2) is 7.99. The summed E-state index contributed by atoms with van der Waals surface area (Å²) in [5.74, 6) is 0.906. The Bertz CT molecular complexity index is 658. The number of nitrogen functional groups attached to an aromatic ring is 1. The number of benzene rings is 1. The van der Waals surface area contributed by atoms with E-state index < -0.39 is 5.91 Å². The van der Waals surface area contributed by atoms with E-state index in [1.165, 1.54) is 0 Å². The van der Waals surface area contributed by atoms with Crippen LogP contribution in [0, 0.1) is 0 Å². The van der Waals surface area contributed by atoms with Crippen LogP contribution in [-0.4, -0.2) is 43.5 Å². The highest BCUT2D eigenvalue weighted by molar-refractivity contribution is 5.95. The van der Waals surface area contributed by atoms with Crippen LogP contribution in [0.25, 0.3) is 0 Å². The molecule has 2 aromatic rings. The number of methoxy groups -OCH3 is 2. The molecule has 124 valence electrons. The number of hydrogen-bond acceptors (Lipinski definition) is 8. The number of para-hydroxylation sites is 1. The summed E-state index contributed by atoms with van der Waals surface area (Å²) >= 11 is 0. The molecule has 23 heavy (non-hydrogen) atoms. The summed E-state index contributed by atoms with van der Waals surface area (Å²) < 4.78 is 15.0.